The minimum atomic E-state index is -4.43. The lowest BCUT2D eigenvalue weighted by Crippen LogP contribution is -2.21. The van der Waals surface area contributed by atoms with Crippen molar-refractivity contribution in [3.8, 4) is 5.69 Å². The number of nitrogens with zero attached hydrogens (tertiary/aromatic N) is 3. The molecule has 1 aromatic carbocycles. The molecule has 1 N–H and O–H groups in total. The third-order valence-corrected chi connectivity index (χ3v) is 5.70. The van der Waals surface area contributed by atoms with Crippen LogP contribution in [0.15, 0.2) is 23.2 Å². The number of hydrogen-bond donors (Lipinski definition) is 1. The first-order chi connectivity index (χ1) is 12.8. The molecule has 0 saturated heterocycles. The van der Waals surface area contributed by atoms with Gasteiger partial charge in [0.25, 0.3) is 0 Å². The molecule has 1 aromatic heterocycles. The fourth-order valence-electron chi connectivity index (χ4n) is 4.19. The zero-order valence-electron chi connectivity index (χ0n) is 15.3. The zero-order valence-corrected chi connectivity index (χ0v) is 15.3. The van der Waals surface area contributed by atoms with Gasteiger partial charge in [0.2, 0.25) is 6.23 Å². The SMILES string of the molecule is Cc1nc2n(c1C)-c1ccc(C(F)(F)F)cc1C(C1CCCCC1)=NC2O. The number of alkyl halides is 3. The normalized spacial score (nSPS) is 20.7. The predicted octanol–water partition coefficient (Wildman–Crippen LogP) is 4.88. The van der Waals surface area contributed by atoms with Gasteiger partial charge in [0.15, 0.2) is 5.82 Å². The summed E-state index contributed by atoms with van der Waals surface area (Å²) in [5.74, 6) is 0.415. The Bertz CT molecular complexity index is 908. The number of fused-ring (bicyclic) bond motifs is 3. The van der Waals surface area contributed by atoms with Gasteiger partial charge in [-0.25, -0.2) is 9.98 Å². The Labute approximate surface area is 155 Å². The minimum absolute atomic E-state index is 0.0571. The molecule has 1 atom stereocenters. The van der Waals surface area contributed by atoms with Gasteiger partial charge in [0.1, 0.15) is 0 Å². The maximum atomic E-state index is 13.4. The van der Waals surface area contributed by atoms with Crippen LogP contribution in [-0.2, 0) is 6.18 Å². The summed E-state index contributed by atoms with van der Waals surface area (Å²) in [7, 11) is 0. The Balaban J connectivity index is 1.97. The van der Waals surface area contributed by atoms with Crippen LogP contribution in [0, 0.1) is 19.8 Å². The molecule has 1 fully saturated rings. The maximum Gasteiger partial charge on any atom is 0.416 e. The van der Waals surface area contributed by atoms with E-state index in [9.17, 15) is 18.3 Å². The average molecular weight is 377 g/mol. The number of aliphatic imine (C=N–C) groups is 1. The fraction of sp³-hybridized carbons (Fsp3) is 0.500. The standard InChI is InChI=1S/C20H22F3N3O/c1-11-12(2)26-16-9-8-14(20(21,22)23)10-15(16)17(13-6-4-3-5-7-13)25-19(27)18(26)24-11/h8-10,13,19,27H,3-7H2,1-2H3. The van der Waals surface area contributed by atoms with E-state index < -0.39 is 18.0 Å². The van der Waals surface area contributed by atoms with Crippen molar-refractivity contribution in [3.63, 3.8) is 0 Å². The van der Waals surface area contributed by atoms with E-state index in [1.165, 1.54) is 12.1 Å². The summed E-state index contributed by atoms with van der Waals surface area (Å²) in [5.41, 5.74) is 2.46. The van der Waals surface area contributed by atoms with Gasteiger partial charge in [0.05, 0.1) is 22.7 Å². The van der Waals surface area contributed by atoms with Crippen molar-refractivity contribution in [1.82, 2.24) is 9.55 Å². The van der Waals surface area contributed by atoms with Crippen LogP contribution in [0.3, 0.4) is 0 Å². The summed E-state index contributed by atoms with van der Waals surface area (Å²) in [6, 6.07) is 3.75. The lowest BCUT2D eigenvalue weighted by atomic mass is 9.82. The molecule has 1 aliphatic carbocycles. The average Bonchev–Trinajstić information content (AvgIpc) is 2.87. The van der Waals surface area contributed by atoms with E-state index in [1.807, 2.05) is 13.8 Å². The number of aryl methyl sites for hydroxylation is 1. The van der Waals surface area contributed by atoms with Crippen LogP contribution in [0.2, 0.25) is 0 Å². The molecule has 0 spiro atoms. The molecule has 1 aliphatic heterocycles. The van der Waals surface area contributed by atoms with Gasteiger partial charge >= 0.3 is 6.18 Å². The van der Waals surface area contributed by atoms with Gasteiger partial charge < -0.3 is 5.11 Å². The van der Waals surface area contributed by atoms with Crippen molar-refractivity contribution in [1.29, 1.82) is 0 Å². The Hall–Kier alpha value is -2.15. The number of hydrogen-bond acceptors (Lipinski definition) is 3. The number of aliphatic hydroxyl groups is 1. The Morgan fingerprint density at radius 3 is 2.48 bits per heavy atom. The van der Waals surface area contributed by atoms with Crippen molar-refractivity contribution in [2.24, 2.45) is 10.9 Å². The fourth-order valence-corrected chi connectivity index (χ4v) is 4.19. The Morgan fingerprint density at radius 1 is 1.11 bits per heavy atom. The van der Waals surface area contributed by atoms with E-state index in [0.29, 0.717) is 22.8 Å². The van der Waals surface area contributed by atoms with E-state index in [0.717, 1.165) is 49.6 Å². The second-order valence-electron chi connectivity index (χ2n) is 7.43. The molecule has 0 radical (unpaired) electrons. The molecule has 2 aliphatic rings. The lowest BCUT2D eigenvalue weighted by molar-refractivity contribution is -0.137. The third-order valence-electron chi connectivity index (χ3n) is 5.70. The maximum absolute atomic E-state index is 13.4. The van der Waals surface area contributed by atoms with Gasteiger partial charge in [0, 0.05) is 17.2 Å². The molecule has 144 valence electrons. The highest BCUT2D eigenvalue weighted by Gasteiger charge is 2.35. The zero-order chi connectivity index (χ0) is 19.3. The van der Waals surface area contributed by atoms with Crippen LogP contribution in [0.25, 0.3) is 5.69 Å². The highest BCUT2D eigenvalue weighted by atomic mass is 19.4. The molecule has 0 bridgehead atoms. The van der Waals surface area contributed by atoms with Gasteiger partial charge in [-0.2, -0.15) is 13.2 Å². The third kappa shape index (κ3) is 3.08. The molecule has 4 rings (SSSR count). The molecule has 1 saturated carbocycles. The molecule has 4 nitrogen and oxygen atoms in total. The smallest absolute Gasteiger partial charge is 0.365 e. The van der Waals surface area contributed by atoms with Crippen molar-refractivity contribution in [2.75, 3.05) is 0 Å². The predicted molar refractivity (Wildman–Crippen MR) is 96.1 cm³/mol. The monoisotopic (exact) mass is 377 g/mol. The van der Waals surface area contributed by atoms with Crippen LogP contribution in [0.5, 0.6) is 0 Å². The molecule has 1 unspecified atom stereocenters. The molecular formula is C20H22F3N3O. The molecular weight excluding hydrogens is 355 g/mol. The second kappa shape index (κ2) is 6.48. The Morgan fingerprint density at radius 2 is 1.81 bits per heavy atom. The van der Waals surface area contributed by atoms with Crippen molar-refractivity contribution in [3.05, 3.63) is 46.5 Å². The molecule has 7 heteroatoms. The van der Waals surface area contributed by atoms with Gasteiger partial charge in [-0.05, 0) is 44.9 Å². The van der Waals surface area contributed by atoms with E-state index in [2.05, 4.69) is 9.98 Å². The quantitative estimate of drug-likeness (QED) is 0.770. The van der Waals surface area contributed by atoms with E-state index >= 15 is 0 Å². The minimum Gasteiger partial charge on any atom is -0.365 e. The molecule has 2 heterocycles. The van der Waals surface area contributed by atoms with Crippen LogP contribution in [0.1, 0.15) is 66.7 Å². The van der Waals surface area contributed by atoms with Gasteiger partial charge in [-0.15, -0.1) is 0 Å². The summed E-state index contributed by atoms with van der Waals surface area (Å²) >= 11 is 0. The van der Waals surface area contributed by atoms with E-state index in [-0.39, 0.29) is 5.92 Å². The number of aliphatic hydroxyl groups excluding tert-OH is 1. The van der Waals surface area contributed by atoms with E-state index in [4.69, 9.17) is 0 Å². The number of halogens is 3. The number of rotatable bonds is 1. The van der Waals surface area contributed by atoms with Crippen molar-refractivity contribution in [2.45, 2.75) is 58.4 Å². The first-order valence-corrected chi connectivity index (χ1v) is 9.31. The largest absolute Gasteiger partial charge is 0.416 e. The first kappa shape index (κ1) is 18.2. The van der Waals surface area contributed by atoms with Crippen LogP contribution < -0.4 is 0 Å². The van der Waals surface area contributed by atoms with Crippen LogP contribution in [0.4, 0.5) is 13.2 Å². The topological polar surface area (TPSA) is 50.4 Å². The molecule has 27 heavy (non-hydrogen) atoms. The first-order valence-electron chi connectivity index (χ1n) is 9.31. The second-order valence-corrected chi connectivity index (χ2v) is 7.43. The summed E-state index contributed by atoms with van der Waals surface area (Å²) in [4.78, 5) is 8.91. The highest BCUT2D eigenvalue weighted by molar-refractivity contribution is 6.06. The lowest BCUT2D eigenvalue weighted by Gasteiger charge is -2.25. The summed E-state index contributed by atoms with van der Waals surface area (Å²) in [6.07, 6.45) is -0.685. The van der Waals surface area contributed by atoms with Crippen molar-refractivity contribution >= 4 is 5.71 Å². The number of benzene rings is 1. The van der Waals surface area contributed by atoms with E-state index in [1.54, 1.807) is 4.57 Å². The summed E-state index contributed by atoms with van der Waals surface area (Å²) < 4.78 is 41.9. The summed E-state index contributed by atoms with van der Waals surface area (Å²) in [6.45, 7) is 3.67. The molecule has 0 amide bonds. The van der Waals surface area contributed by atoms with Gasteiger partial charge in [-0.1, -0.05) is 19.3 Å². The van der Waals surface area contributed by atoms with Gasteiger partial charge in [-0.3, -0.25) is 4.57 Å². The summed E-state index contributed by atoms with van der Waals surface area (Å²) in [5, 5.41) is 10.7. The van der Waals surface area contributed by atoms with Crippen molar-refractivity contribution < 1.29 is 18.3 Å². The number of aromatic nitrogens is 2. The number of imidazole rings is 1. The van der Waals surface area contributed by atoms with Crippen LogP contribution in [-0.4, -0.2) is 20.4 Å². The Kier molecular flexibility index (Phi) is 4.37. The molecule has 2 aromatic rings. The van der Waals surface area contributed by atoms with Crippen LogP contribution >= 0.6 is 0 Å². The highest BCUT2D eigenvalue weighted by Crippen LogP contribution is 2.38.